The summed E-state index contributed by atoms with van der Waals surface area (Å²) < 4.78 is 0. The molecule has 0 aliphatic carbocycles. The molecule has 2 aromatic heterocycles. The fourth-order valence-electron chi connectivity index (χ4n) is 1.61. The SMILES string of the molecule is NC(=O)c1cnccn1.O=C(O)c1cc2ccccc2[nH]1. The van der Waals surface area contributed by atoms with Gasteiger partial charge in [0.2, 0.25) is 0 Å². The van der Waals surface area contributed by atoms with Crippen LogP contribution in [0.4, 0.5) is 0 Å². The molecule has 0 spiro atoms. The maximum absolute atomic E-state index is 10.5. The average Bonchev–Trinajstić information content (AvgIpc) is 2.93. The Morgan fingerprint density at radius 3 is 2.48 bits per heavy atom. The molecule has 7 heteroatoms. The molecule has 1 amide bonds. The molecule has 7 nitrogen and oxygen atoms in total. The number of carboxylic acid groups (broad SMARTS) is 1. The van der Waals surface area contributed by atoms with E-state index in [1.165, 1.54) is 18.6 Å². The first-order valence-electron chi connectivity index (χ1n) is 5.95. The summed E-state index contributed by atoms with van der Waals surface area (Å²) in [7, 11) is 0. The minimum Gasteiger partial charge on any atom is -0.477 e. The lowest BCUT2D eigenvalue weighted by molar-refractivity contribution is 0.0691. The number of amides is 1. The second-order valence-electron chi connectivity index (χ2n) is 4.03. The summed E-state index contributed by atoms with van der Waals surface area (Å²) in [5.41, 5.74) is 6.15. The van der Waals surface area contributed by atoms with E-state index in [2.05, 4.69) is 15.0 Å². The molecule has 0 radical (unpaired) electrons. The molecule has 0 aliphatic heterocycles. The first-order chi connectivity index (χ1) is 10.1. The van der Waals surface area contributed by atoms with Gasteiger partial charge >= 0.3 is 5.97 Å². The molecule has 106 valence electrons. The minimum atomic E-state index is -0.925. The van der Waals surface area contributed by atoms with E-state index < -0.39 is 11.9 Å². The summed E-state index contributed by atoms with van der Waals surface area (Å²) in [6.45, 7) is 0. The molecule has 0 fully saturated rings. The van der Waals surface area contributed by atoms with E-state index >= 15 is 0 Å². The Bertz CT molecular complexity index is 735. The number of nitrogens with zero attached hydrogens (tertiary/aromatic N) is 2. The van der Waals surface area contributed by atoms with Crippen LogP contribution >= 0.6 is 0 Å². The number of aromatic amines is 1. The van der Waals surface area contributed by atoms with Crippen molar-refractivity contribution in [3.63, 3.8) is 0 Å². The molecule has 4 N–H and O–H groups in total. The van der Waals surface area contributed by atoms with Gasteiger partial charge in [-0.05, 0) is 12.1 Å². The second kappa shape index (κ2) is 6.29. The van der Waals surface area contributed by atoms with Crippen LogP contribution in [0.5, 0.6) is 0 Å². The third kappa shape index (κ3) is 3.63. The van der Waals surface area contributed by atoms with Crippen LogP contribution in [0.3, 0.4) is 0 Å². The fraction of sp³-hybridized carbons (Fsp3) is 0. The van der Waals surface area contributed by atoms with Gasteiger partial charge in [-0.1, -0.05) is 18.2 Å². The highest BCUT2D eigenvalue weighted by Crippen LogP contribution is 2.13. The largest absolute Gasteiger partial charge is 0.477 e. The summed E-state index contributed by atoms with van der Waals surface area (Å²) in [5, 5.41) is 9.58. The molecule has 0 atom stereocenters. The lowest BCUT2D eigenvalue weighted by atomic mass is 10.2. The predicted molar refractivity (Wildman–Crippen MR) is 75.8 cm³/mol. The van der Waals surface area contributed by atoms with Crippen LogP contribution in [-0.2, 0) is 0 Å². The van der Waals surface area contributed by atoms with E-state index in [9.17, 15) is 9.59 Å². The van der Waals surface area contributed by atoms with Crippen LogP contribution < -0.4 is 5.73 Å². The van der Waals surface area contributed by atoms with Crippen molar-refractivity contribution in [2.75, 3.05) is 0 Å². The van der Waals surface area contributed by atoms with E-state index in [0.29, 0.717) is 0 Å². The number of aromatic carboxylic acids is 1. The predicted octanol–water partition coefficient (Wildman–Crippen LogP) is 1.44. The van der Waals surface area contributed by atoms with Gasteiger partial charge < -0.3 is 15.8 Å². The van der Waals surface area contributed by atoms with Gasteiger partial charge in [-0.15, -0.1) is 0 Å². The normalized spacial score (nSPS) is 9.71. The van der Waals surface area contributed by atoms with Gasteiger partial charge in [0.15, 0.2) is 0 Å². The number of H-pyrrole nitrogens is 1. The summed E-state index contributed by atoms with van der Waals surface area (Å²) in [4.78, 5) is 30.9. The topological polar surface area (TPSA) is 122 Å². The molecule has 0 bridgehead atoms. The molecule has 21 heavy (non-hydrogen) atoms. The number of primary amides is 1. The van der Waals surface area contributed by atoms with Gasteiger partial charge in [-0.25, -0.2) is 9.78 Å². The number of carbonyl (C=O) groups is 2. The van der Waals surface area contributed by atoms with Crippen molar-refractivity contribution >= 4 is 22.8 Å². The van der Waals surface area contributed by atoms with E-state index in [0.717, 1.165) is 10.9 Å². The minimum absolute atomic E-state index is 0.192. The molecule has 0 aliphatic rings. The summed E-state index contributed by atoms with van der Waals surface area (Å²) >= 11 is 0. The van der Waals surface area contributed by atoms with Crippen LogP contribution in [0.2, 0.25) is 0 Å². The van der Waals surface area contributed by atoms with Crippen LogP contribution in [0.15, 0.2) is 48.9 Å². The molecule has 1 aromatic carbocycles. The second-order valence-corrected chi connectivity index (χ2v) is 4.03. The summed E-state index contributed by atoms with van der Waals surface area (Å²) in [6, 6.07) is 9.09. The number of aromatic nitrogens is 3. The first kappa shape index (κ1) is 14.2. The number of nitrogens with one attached hydrogen (secondary N) is 1. The molecule has 0 saturated carbocycles. The number of para-hydroxylation sites is 1. The fourth-order valence-corrected chi connectivity index (χ4v) is 1.61. The number of carboxylic acids is 1. The van der Waals surface area contributed by atoms with Crippen LogP contribution in [-0.4, -0.2) is 31.9 Å². The van der Waals surface area contributed by atoms with Crippen LogP contribution in [0, 0.1) is 0 Å². The molecule has 0 unspecified atom stereocenters. The molecular formula is C14H12N4O3. The molecule has 2 heterocycles. The lowest BCUT2D eigenvalue weighted by Crippen LogP contribution is -2.12. The molecule has 0 saturated heterocycles. The van der Waals surface area contributed by atoms with Gasteiger partial charge in [-0.2, -0.15) is 0 Å². The number of benzene rings is 1. The number of hydrogen-bond acceptors (Lipinski definition) is 4. The number of carbonyl (C=O) groups excluding carboxylic acids is 1. The number of hydrogen-bond donors (Lipinski definition) is 3. The molecule has 3 rings (SSSR count). The maximum atomic E-state index is 10.5. The van der Waals surface area contributed by atoms with Crippen molar-refractivity contribution in [3.05, 3.63) is 60.3 Å². The van der Waals surface area contributed by atoms with E-state index in [1.54, 1.807) is 6.07 Å². The summed E-state index contributed by atoms with van der Waals surface area (Å²) in [5.74, 6) is -1.48. The quantitative estimate of drug-likeness (QED) is 0.657. The van der Waals surface area contributed by atoms with Crippen molar-refractivity contribution in [1.29, 1.82) is 0 Å². The lowest BCUT2D eigenvalue weighted by Gasteiger charge is -1.87. The van der Waals surface area contributed by atoms with Gasteiger partial charge in [0.05, 0.1) is 6.20 Å². The van der Waals surface area contributed by atoms with E-state index in [-0.39, 0.29) is 11.4 Å². The monoisotopic (exact) mass is 284 g/mol. The Morgan fingerprint density at radius 2 is 1.95 bits per heavy atom. The van der Waals surface area contributed by atoms with Crippen molar-refractivity contribution in [1.82, 2.24) is 15.0 Å². The first-order valence-corrected chi connectivity index (χ1v) is 5.95. The highest BCUT2D eigenvalue weighted by molar-refractivity contribution is 5.93. The van der Waals surface area contributed by atoms with Crippen molar-refractivity contribution in [2.24, 2.45) is 5.73 Å². The zero-order valence-corrected chi connectivity index (χ0v) is 10.9. The van der Waals surface area contributed by atoms with Gasteiger partial charge in [0.25, 0.3) is 5.91 Å². The Hall–Kier alpha value is -3.22. The zero-order chi connectivity index (χ0) is 15.2. The van der Waals surface area contributed by atoms with Crippen molar-refractivity contribution in [2.45, 2.75) is 0 Å². The Balaban J connectivity index is 0.000000161. The Morgan fingerprint density at radius 1 is 1.19 bits per heavy atom. The molecule has 3 aromatic rings. The standard InChI is InChI=1S/C9H7NO2.C5H5N3O/c11-9(12)8-5-6-3-1-2-4-7(6)10-8;6-5(9)4-3-7-1-2-8-4/h1-5,10H,(H,11,12);1-3H,(H2,6,9). The van der Waals surface area contributed by atoms with Crippen molar-refractivity contribution in [3.8, 4) is 0 Å². The maximum Gasteiger partial charge on any atom is 0.352 e. The van der Waals surface area contributed by atoms with E-state index in [4.69, 9.17) is 10.8 Å². The Kier molecular flexibility index (Phi) is 4.25. The van der Waals surface area contributed by atoms with Crippen LogP contribution in [0.1, 0.15) is 21.0 Å². The zero-order valence-electron chi connectivity index (χ0n) is 10.9. The van der Waals surface area contributed by atoms with Crippen molar-refractivity contribution < 1.29 is 14.7 Å². The smallest absolute Gasteiger partial charge is 0.352 e. The highest BCUT2D eigenvalue weighted by atomic mass is 16.4. The van der Waals surface area contributed by atoms with E-state index in [1.807, 2.05) is 24.3 Å². The van der Waals surface area contributed by atoms with Crippen LogP contribution in [0.25, 0.3) is 10.9 Å². The molecular weight excluding hydrogens is 272 g/mol. The van der Waals surface area contributed by atoms with Gasteiger partial charge in [-0.3, -0.25) is 9.78 Å². The summed E-state index contributed by atoms with van der Waals surface area (Å²) in [6.07, 6.45) is 4.22. The average molecular weight is 284 g/mol. The third-order valence-corrected chi connectivity index (χ3v) is 2.58. The Labute approximate surface area is 119 Å². The highest BCUT2D eigenvalue weighted by Gasteiger charge is 2.05. The number of nitrogens with two attached hydrogens (primary N) is 1. The number of fused-ring (bicyclic) bond motifs is 1. The third-order valence-electron chi connectivity index (χ3n) is 2.58. The number of rotatable bonds is 2. The van der Waals surface area contributed by atoms with Gasteiger partial charge in [0.1, 0.15) is 11.4 Å². The van der Waals surface area contributed by atoms with Gasteiger partial charge in [0, 0.05) is 23.3 Å².